The number of carbonyl (C=O) groups excluding carboxylic acids is 1. The molecule has 31 heavy (non-hydrogen) atoms. The van der Waals surface area contributed by atoms with E-state index >= 15 is 0 Å². The van der Waals surface area contributed by atoms with Gasteiger partial charge >= 0.3 is 5.97 Å². The highest BCUT2D eigenvalue weighted by Crippen LogP contribution is 2.24. The number of benzene rings is 1. The number of hydrogen-bond donors (Lipinski definition) is 1. The Kier molecular flexibility index (Phi) is 8.31. The largest absolute Gasteiger partial charge is 0.469 e. The minimum atomic E-state index is -3.65. The minimum absolute atomic E-state index is 0.0566. The van der Waals surface area contributed by atoms with Crippen LogP contribution < -0.4 is 4.72 Å². The van der Waals surface area contributed by atoms with Gasteiger partial charge in [0.05, 0.1) is 24.8 Å². The maximum Gasteiger partial charge on any atom is 0.305 e. The van der Waals surface area contributed by atoms with Gasteiger partial charge in [-0.3, -0.25) is 9.69 Å². The van der Waals surface area contributed by atoms with Crippen molar-refractivity contribution >= 4 is 27.6 Å². The molecule has 0 saturated carbocycles. The summed E-state index contributed by atoms with van der Waals surface area (Å²) in [5, 5.41) is 0.488. The third-order valence-corrected chi connectivity index (χ3v) is 6.96. The van der Waals surface area contributed by atoms with Crippen molar-refractivity contribution in [2.45, 2.75) is 49.2 Å². The van der Waals surface area contributed by atoms with Gasteiger partial charge < -0.3 is 9.15 Å². The number of nitrogens with one attached hydrogen (secondary N) is 1. The molecular weight excluding hydrogens is 440 g/mol. The van der Waals surface area contributed by atoms with Crippen LogP contribution in [0.4, 0.5) is 0 Å². The number of hydrogen-bond acceptors (Lipinski definition) is 6. The van der Waals surface area contributed by atoms with Gasteiger partial charge in [-0.05, 0) is 55.7 Å². The van der Waals surface area contributed by atoms with Crippen LogP contribution in [0.5, 0.6) is 0 Å². The molecule has 0 radical (unpaired) electrons. The van der Waals surface area contributed by atoms with Crippen LogP contribution in [-0.2, 0) is 26.1 Å². The second kappa shape index (κ2) is 10.9. The predicted octanol–water partition coefficient (Wildman–Crippen LogP) is 3.75. The molecule has 0 spiro atoms. The topological polar surface area (TPSA) is 88.8 Å². The highest BCUT2D eigenvalue weighted by Gasteiger charge is 2.33. The number of sulfonamides is 1. The van der Waals surface area contributed by atoms with Crippen molar-refractivity contribution in [3.8, 4) is 0 Å². The number of allylic oxidation sites excluding steroid dienone is 1. The van der Waals surface area contributed by atoms with Crippen LogP contribution in [0.15, 0.2) is 64.1 Å². The Bertz CT molecular complexity index is 974. The van der Waals surface area contributed by atoms with Gasteiger partial charge in [-0.15, -0.1) is 0 Å². The molecule has 0 amide bonds. The van der Waals surface area contributed by atoms with E-state index in [-0.39, 0.29) is 22.9 Å². The highest BCUT2D eigenvalue weighted by atomic mass is 35.5. The Morgan fingerprint density at radius 2 is 2.10 bits per heavy atom. The van der Waals surface area contributed by atoms with Gasteiger partial charge in [0.15, 0.2) is 0 Å². The first-order chi connectivity index (χ1) is 14.9. The Hall–Kier alpha value is -2.13. The van der Waals surface area contributed by atoms with Gasteiger partial charge in [0.1, 0.15) is 5.76 Å². The lowest BCUT2D eigenvalue weighted by molar-refractivity contribution is -0.140. The number of esters is 1. The van der Waals surface area contributed by atoms with E-state index < -0.39 is 10.0 Å². The Balaban J connectivity index is 1.64. The van der Waals surface area contributed by atoms with Crippen LogP contribution in [-0.4, -0.2) is 45.0 Å². The number of furan rings is 1. The zero-order chi connectivity index (χ0) is 22.3. The van der Waals surface area contributed by atoms with E-state index in [0.29, 0.717) is 37.4 Å². The molecule has 9 heteroatoms. The van der Waals surface area contributed by atoms with Crippen LogP contribution in [0, 0.1) is 0 Å². The van der Waals surface area contributed by atoms with E-state index in [2.05, 4.69) is 20.4 Å². The first-order valence-electron chi connectivity index (χ1n) is 10.1. The van der Waals surface area contributed by atoms with Crippen molar-refractivity contribution in [1.29, 1.82) is 0 Å². The molecule has 2 heterocycles. The average Bonchev–Trinajstić information content (AvgIpc) is 3.38. The van der Waals surface area contributed by atoms with E-state index in [1.54, 1.807) is 18.4 Å². The minimum Gasteiger partial charge on any atom is -0.469 e. The van der Waals surface area contributed by atoms with Gasteiger partial charge in [0, 0.05) is 30.1 Å². The lowest BCUT2D eigenvalue weighted by Gasteiger charge is -2.20. The molecule has 168 valence electrons. The molecule has 3 rings (SSSR count). The second-order valence-corrected chi connectivity index (χ2v) is 9.63. The number of rotatable bonds is 10. The fraction of sp³-hybridized carbons (Fsp3) is 0.409. The zero-order valence-electron chi connectivity index (χ0n) is 17.4. The third kappa shape index (κ3) is 6.93. The first-order valence-corrected chi connectivity index (χ1v) is 12.0. The molecule has 1 aliphatic rings. The van der Waals surface area contributed by atoms with Gasteiger partial charge in [0.2, 0.25) is 10.0 Å². The van der Waals surface area contributed by atoms with E-state index in [4.69, 9.17) is 16.0 Å². The standard InChI is InChI=1S/C22H27ClN2O5S/c1-29-22(26)8-4-2-3-6-19-14-18(15-25(19)16-20-7-5-13-30-20)24-31(27,28)21-11-9-17(23)10-12-21/h3,5-7,9-13,18-19,24H,2,4,8,14-16H2,1H3/t18-,19-/m1/s1. The molecule has 2 aromatic rings. The van der Waals surface area contributed by atoms with Crippen LogP contribution in [0.2, 0.25) is 5.02 Å². The fourth-order valence-electron chi connectivity index (χ4n) is 3.62. The van der Waals surface area contributed by atoms with Gasteiger partial charge in [-0.1, -0.05) is 23.8 Å². The lowest BCUT2D eigenvalue weighted by atomic mass is 10.1. The molecule has 1 aromatic heterocycles. The first kappa shape index (κ1) is 23.5. The molecule has 1 N–H and O–H groups in total. The fourth-order valence-corrected chi connectivity index (χ4v) is 4.99. The number of unbranched alkanes of at least 4 members (excludes halogenated alkanes) is 1. The van der Waals surface area contributed by atoms with Crippen LogP contribution >= 0.6 is 11.6 Å². The average molecular weight is 467 g/mol. The molecule has 1 saturated heterocycles. The number of ether oxygens (including phenoxy) is 1. The quantitative estimate of drug-likeness (QED) is 0.326. The molecule has 1 fully saturated rings. The number of carbonyl (C=O) groups is 1. The van der Waals surface area contributed by atoms with Crippen molar-refractivity contribution in [2.75, 3.05) is 13.7 Å². The third-order valence-electron chi connectivity index (χ3n) is 5.17. The molecular formula is C22H27ClN2O5S. The molecule has 2 atom stereocenters. The van der Waals surface area contributed by atoms with Crippen molar-refractivity contribution in [3.63, 3.8) is 0 Å². The monoisotopic (exact) mass is 466 g/mol. The summed E-state index contributed by atoms with van der Waals surface area (Å²) in [6.07, 6.45) is 8.23. The maximum atomic E-state index is 12.8. The number of likely N-dealkylation sites (tertiary alicyclic amines) is 1. The molecule has 0 unspecified atom stereocenters. The van der Waals surface area contributed by atoms with Gasteiger partial charge in [-0.2, -0.15) is 0 Å². The summed E-state index contributed by atoms with van der Waals surface area (Å²) >= 11 is 5.87. The van der Waals surface area contributed by atoms with Crippen LogP contribution in [0.3, 0.4) is 0 Å². The highest BCUT2D eigenvalue weighted by molar-refractivity contribution is 7.89. The zero-order valence-corrected chi connectivity index (χ0v) is 18.9. The summed E-state index contributed by atoms with van der Waals surface area (Å²) in [5.74, 6) is 0.607. The summed E-state index contributed by atoms with van der Waals surface area (Å²) in [6.45, 7) is 1.15. The van der Waals surface area contributed by atoms with Crippen molar-refractivity contribution in [1.82, 2.24) is 9.62 Å². The smallest absolute Gasteiger partial charge is 0.305 e. The molecule has 0 bridgehead atoms. The van der Waals surface area contributed by atoms with E-state index in [1.165, 1.54) is 19.2 Å². The van der Waals surface area contributed by atoms with Gasteiger partial charge in [-0.25, -0.2) is 13.1 Å². The van der Waals surface area contributed by atoms with Crippen LogP contribution in [0.1, 0.15) is 31.4 Å². The lowest BCUT2D eigenvalue weighted by Crippen LogP contribution is -2.37. The van der Waals surface area contributed by atoms with Crippen molar-refractivity contribution < 1.29 is 22.4 Å². The predicted molar refractivity (Wildman–Crippen MR) is 118 cm³/mol. The molecule has 0 aliphatic carbocycles. The van der Waals surface area contributed by atoms with Crippen molar-refractivity contribution in [2.24, 2.45) is 0 Å². The van der Waals surface area contributed by atoms with E-state index in [1.807, 2.05) is 18.2 Å². The van der Waals surface area contributed by atoms with Gasteiger partial charge in [0.25, 0.3) is 0 Å². The summed E-state index contributed by atoms with van der Waals surface area (Å²) in [4.78, 5) is 13.6. The van der Waals surface area contributed by atoms with Crippen molar-refractivity contribution in [3.05, 3.63) is 65.6 Å². The second-order valence-electron chi connectivity index (χ2n) is 7.48. The molecule has 1 aliphatic heterocycles. The van der Waals surface area contributed by atoms with E-state index in [0.717, 1.165) is 12.2 Å². The van der Waals surface area contributed by atoms with Crippen LogP contribution in [0.25, 0.3) is 0 Å². The normalized spacial score (nSPS) is 19.8. The Morgan fingerprint density at radius 1 is 1.32 bits per heavy atom. The number of nitrogens with zero attached hydrogens (tertiary/aromatic N) is 1. The number of methoxy groups -OCH3 is 1. The Labute approximate surface area is 188 Å². The Morgan fingerprint density at radius 3 is 2.77 bits per heavy atom. The summed E-state index contributed by atoms with van der Waals surface area (Å²) in [7, 11) is -2.26. The SMILES string of the molecule is COC(=O)CCCC=C[C@@H]1C[C@@H](NS(=O)(=O)c2ccc(Cl)cc2)CN1Cc1ccco1. The maximum absolute atomic E-state index is 12.8. The van der Waals surface area contributed by atoms with E-state index in [9.17, 15) is 13.2 Å². The molecule has 7 nitrogen and oxygen atoms in total. The summed E-state index contributed by atoms with van der Waals surface area (Å²) < 4.78 is 38.5. The number of halogens is 1. The molecule has 1 aromatic carbocycles. The summed E-state index contributed by atoms with van der Waals surface area (Å²) in [5.41, 5.74) is 0. The summed E-state index contributed by atoms with van der Waals surface area (Å²) in [6, 6.07) is 9.69.